The lowest BCUT2D eigenvalue weighted by molar-refractivity contribution is -0.163. The minimum Gasteiger partial charge on any atom is -0.462 e. The highest BCUT2D eigenvalue weighted by atomic mass is 16.6. The van der Waals surface area contributed by atoms with E-state index in [1.165, 1.54) is 154 Å². The second-order valence-corrected chi connectivity index (χ2v) is 15.3. The molecule has 0 aliphatic rings. The van der Waals surface area contributed by atoms with Crippen molar-refractivity contribution in [3.63, 3.8) is 0 Å². The number of hydrogen-bond donors (Lipinski definition) is 0. The van der Waals surface area contributed by atoms with Crippen LogP contribution in [0.15, 0.2) is 24.3 Å². The van der Waals surface area contributed by atoms with Gasteiger partial charge in [-0.05, 0) is 64.2 Å². The molecule has 0 amide bonds. The van der Waals surface area contributed by atoms with E-state index >= 15 is 0 Å². The summed E-state index contributed by atoms with van der Waals surface area (Å²) < 4.78 is 17.3. The molecule has 0 radical (unpaired) electrons. The fourth-order valence-corrected chi connectivity index (χ4v) is 6.48. The molecule has 1 unspecified atom stereocenters. The molecule has 0 bridgehead atoms. The van der Waals surface area contributed by atoms with Crippen molar-refractivity contribution < 1.29 is 23.8 Å². The largest absolute Gasteiger partial charge is 0.462 e. The van der Waals surface area contributed by atoms with Crippen LogP contribution >= 0.6 is 0 Å². The van der Waals surface area contributed by atoms with Crippen molar-refractivity contribution in [2.24, 2.45) is 0 Å². The van der Waals surface area contributed by atoms with E-state index in [0.29, 0.717) is 19.4 Å². The average Bonchev–Trinajstić information content (AvgIpc) is 3.14. The van der Waals surface area contributed by atoms with Crippen LogP contribution in [-0.2, 0) is 23.8 Å². The first-order chi connectivity index (χ1) is 25.6. The summed E-state index contributed by atoms with van der Waals surface area (Å²) in [4.78, 5) is 25.2. The molecule has 306 valence electrons. The first-order valence-corrected chi connectivity index (χ1v) is 22.9. The van der Waals surface area contributed by atoms with E-state index in [1.807, 2.05) is 0 Å². The number of unbranched alkanes of at least 4 members (excludes halogenated alkanes) is 27. The average molecular weight is 733 g/mol. The van der Waals surface area contributed by atoms with Gasteiger partial charge >= 0.3 is 11.9 Å². The van der Waals surface area contributed by atoms with Crippen LogP contribution in [0, 0.1) is 0 Å². The highest BCUT2D eigenvalue weighted by Gasteiger charge is 2.17. The van der Waals surface area contributed by atoms with Gasteiger partial charge in [0, 0.05) is 19.4 Å². The molecule has 0 rings (SSSR count). The number of esters is 2. The van der Waals surface area contributed by atoms with E-state index < -0.39 is 6.10 Å². The SMILES string of the molecule is CCCC/C=C\CCCCCCCCOCC(COC(=O)CCCCCCC/C=C\CCCCCCCC)OC(=O)CCCCCCCCCCC. The summed E-state index contributed by atoms with van der Waals surface area (Å²) in [6.45, 7) is 7.78. The maximum Gasteiger partial charge on any atom is 0.306 e. The van der Waals surface area contributed by atoms with Gasteiger partial charge in [-0.3, -0.25) is 9.59 Å². The Kier molecular flexibility index (Phi) is 42.4. The molecule has 5 heteroatoms. The molecule has 0 N–H and O–H groups in total. The molecule has 0 saturated heterocycles. The Morgan fingerprint density at radius 2 is 0.769 bits per heavy atom. The second kappa shape index (κ2) is 43.8. The predicted molar refractivity (Wildman–Crippen MR) is 224 cm³/mol. The second-order valence-electron chi connectivity index (χ2n) is 15.3. The molecule has 1 atom stereocenters. The zero-order chi connectivity index (χ0) is 37.8. The van der Waals surface area contributed by atoms with E-state index in [4.69, 9.17) is 14.2 Å². The maximum absolute atomic E-state index is 12.7. The quantitative estimate of drug-likeness (QED) is 0.0355. The van der Waals surface area contributed by atoms with Crippen LogP contribution in [0.4, 0.5) is 0 Å². The van der Waals surface area contributed by atoms with Crippen molar-refractivity contribution in [2.45, 2.75) is 245 Å². The summed E-state index contributed by atoms with van der Waals surface area (Å²) in [5.74, 6) is -0.404. The van der Waals surface area contributed by atoms with Crippen LogP contribution in [0.2, 0.25) is 0 Å². The Hall–Kier alpha value is -1.62. The zero-order valence-corrected chi connectivity index (χ0v) is 35.1. The lowest BCUT2D eigenvalue weighted by atomic mass is 10.1. The number of rotatable bonds is 42. The molecule has 0 aromatic heterocycles. The smallest absolute Gasteiger partial charge is 0.306 e. The molecule has 0 aromatic rings. The maximum atomic E-state index is 12.7. The summed E-state index contributed by atoms with van der Waals surface area (Å²) >= 11 is 0. The molecule has 0 heterocycles. The summed E-state index contributed by atoms with van der Waals surface area (Å²) in [5, 5.41) is 0. The van der Waals surface area contributed by atoms with E-state index in [9.17, 15) is 9.59 Å². The summed E-state index contributed by atoms with van der Waals surface area (Å²) in [6.07, 6.45) is 48.9. The Morgan fingerprint density at radius 3 is 1.23 bits per heavy atom. The lowest BCUT2D eigenvalue weighted by Gasteiger charge is -2.18. The first kappa shape index (κ1) is 50.4. The standard InChI is InChI=1S/C47H88O5/c1-4-7-10-13-16-19-21-23-24-25-26-29-31-34-37-40-46(48)51-44-45(52-47(49)41-38-35-32-28-18-15-12-9-6-3)43-50-42-39-36-33-30-27-22-20-17-14-11-8-5-2/h14,17,23-24,45H,4-13,15-16,18-22,25-44H2,1-3H3/b17-14-,24-23-. The minimum atomic E-state index is -0.533. The Balaban J connectivity index is 4.20. The molecule has 0 saturated carbocycles. The molecule has 0 aliphatic carbocycles. The molecule has 0 spiro atoms. The number of allylic oxidation sites excluding steroid dienone is 4. The summed E-state index contributed by atoms with van der Waals surface area (Å²) in [6, 6.07) is 0. The minimum absolute atomic E-state index is 0.0836. The van der Waals surface area contributed by atoms with Crippen molar-refractivity contribution >= 4 is 11.9 Å². The lowest BCUT2D eigenvalue weighted by Crippen LogP contribution is -2.30. The van der Waals surface area contributed by atoms with Crippen molar-refractivity contribution in [3.8, 4) is 0 Å². The van der Waals surface area contributed by atoms with E-state index in [-0.39, 0.29) is 25.2 Å². The van der Waals surface area contributed by atoms with Crippen LogP contribution in [0.3, 0.4) is 0 Å². The van der Waals surface area contributed by atoms with Gasteiger partial charge in [-0.1, -0.05) is 186 Å². The van der Waals surface area contributed by atoms with Crippen LogP contribution in [0.1, 0.15) is 239 Å². The normalized spacial score (nSPS) is 12.3. The van der Waals surface area contributed by atoms with Gasteiger partial charge in [0.2, 0.25) is 0 Å². The third-order valence-corrected chi connectivity index (χ3v) is 9.96. The fraction of sp³-hybridized carbons (Fsp3) is 0.872. The highest BCUT2D eigenvalue weighted by Crippen LogP contribution is 2.14. The van der Waals surface area contributed by atoms with Gasteiger partial charge < -0.3 is 14.2 Å². The number of hydrogen-bond acceptors (Lipinski definition) is 5. The molecular formula is C47H88O5. The van der Waals surface area contributed by atoms with E-state index in [2.05, 4.69) is 45.1 Å². The van der Waals surface area contributed by atoms with Crippen LogP contribution < -0.4 is 0 Å². The fourth-order valence-electron chi connectivity index (χ4n) is 6.48. The van der Waals surface area contributed by atoms with Gasteiger partial charge in [-0.25, -0.2) is 0 Å². The number of carbonyl (C=O) groups excluding carboxylic acids is 2. The van der Waals surface area contributed by atoms with Gasteiger partial charge in [-0.2, -0.15) is 0 Å². The predicted octanol–water partition coefficient (Wildman–Crippen LogP) is 14.9. The third kappa shape index (κ3) is 41.1. The van der Waals surface area contributed by atoms with Crippen LogP contribution in [0.25, 0.3) is 0 Å². The van der Waals surface area contributed by atoms with Gasteiger partial charge in [0.25, 0.3) is 0 Å². The summed E-state index contributed by atoms with van der Waals surface area (Å²) in [7, 11) is 0. The Bertz CT molecular complexity index is 791. The molecule has 0 fully saturated rings. The van der Waals surface area contributed by atoms with Gasteiger partial charge in [0.15, 0.2) is 6.10 Å². The van der Waals surface area contributed by atoms with Gasteiger partial charge in [-0.15, -0.1) is 0 Å². The van der Waals surface area contributed by atoms with E-state index in [0.717, 1.165) is 51.4 Å². The first-order valence-electron chi connectivity index (χ1n) is 22.9. The van der Waals surface area contributed by atoms with Crippen LogP contribution in [0.5, 0.6) is 0 Å². The molecule has 52 heavy (non-hydrogen) atoms. The molecular weight excluding hydrogens is 645 g/mol. The zero-order valence-electron chi connectivity index (χ0n) is 35.1. The van der Waals surface area contributed by atoms with Crippen LogP contribution in [-0.4, -0.2) is 37.9 Å². The Labute approximate surface area is 324 Å². The van der Waals surface area contributed by atoms with Crippen molar-refractivity contribution in [1.82, 2.24) is 0 Å². The van der Waals surface area contributed by atoms with Gasteiger partial charge in [0.1, 0.15) is 6.61 Å². The third-order valence-electron chi connectivity index (χ3n) is 9.96. The van der Waals surface area contributed by atoms with Crippen molar-refractivity contribution in [1.29, 1.82) is 0 Å². The van der Waals surface area contributed by atoms with Crippen molar-refractivity contribution in [2.75, 3.05) is 19.8 Å². The monoisotopic (exact) mass is 733 g/mol. The molecule has 0 aliphatic heterocycles. The molecule has 0 aromatic carbocycles. The van der Waals surface area contributed by atoms with E-state index in [1.54, 1.807) is 0 Å². The molecule has 5 nitrogen and oxygen atoms in total. The highest BCUT2D eigenvalue weighted by molar-refractivity contribution is 5.70. The van der Waals surface area contributed by atoms with Gasteiger partial charge in [0.05, 0.1) is 6.61 Å². The van der Waals surface area contributed by atoms with Crippen molar-refractivity contribution in [3.05, 3.63) is 24.3 Å². The summed E-state index contributed by atoms with van der Waals surface area (Å²) in [5.41, 5.74) is 0. The number of ether oxygens (including phenoxy) is 3. The Morgan fingerprint density at radius 1 is 0.404 bits per heavy atom. The number of carbonyl (C=O) groups is 2. The topological polar surface area (TPSA) is 61.8 Å².